The molecule has 0 fully saturated rings. The minimum absolute atomic E-state index is 1.01. The van der Waals surface area contributed by atoms with Crippen molar-refractivity contribution in [1.82, 2.24) is 4.57 Å². The van der Waals surface area contributed by atoms with Gasteiger partial charge in [0.15, 0.2) is 0 Å². The van der Waals surface area contributed by atoms with Crippen molar-refractivity contribution in [3.63, 3.8) is 0 Å². The van der Waals surface area contributed by atoms with Crippen molar-refractivity contribution in [3.05, 3.63) is 169 Å². The molecule has 212 valence electrons. The van der Waals surface area contributed by atoms with Gasteiger partial charge in [0.1, 0.15) is 0 Å². The van der Waals surface area contributed by atoms with Crippen LogP contribution in [0.3, 0.4) is 0 Å². The highest BCUT2D eigenvalue weighted by atomic mass is 15.0. The van der Waals surface area contributed by atoms with E-state index in [1.807, 2.05) is 0 Å². The third-order valence-electron chi connectivity index (χ3n) is 8.45. The molecule has 0 atom stereocenters. The van der Waals surface area contributed by atoms with E-state index in [1.165, 1.54) is 72.0 Å². The summed E-state index contributed by atoms with van der Waals surface area (Å²) in [5, 5.41) is 2.56. The maximum atomic E-state index is 2.37. The van der Waals surface area contributed by atoms with Gasteiger partial charge in [-0.3, -0.25) is 0 Å². The topological polar surface area (TPSA) is 4.93 Å². The number of hydrogen-bond donors (Lipinski definition) is 0. The summed E-state index contributed by atoms with van der Waals surface area (Å²) in [5.41, 5.74) is 13.4. The first-order valence-corrected chi connectivity index (χ1v) is 15.5. The number of nitrogens with zero attached hydrogens (tertiary/aromatic N) is 1. The van der Waals surface area contributed by atoms with E-state index in [1.54, 1.807) is 0 Å². The van der Waals surface area contributed by atoms with Gasteiger partial charge in [-0.15, -0.1) is 0 Å². The molecule has 44 heavy (non-hydrogen) atoms. The van der Waals surface area contributed by atoms with Crippen LogP contribution in [-0.4, -0.2) is 4.57 Å². The lowest BCUT2D eigenvalue weighted by molar-refractivity contribution is 1.18. The average molecular weight is 566 g/mol. The number of fused-ring (bicyclic) bond motifs is 3. The zero-order valence-corrected chi connectivity index (χ0v) is 25.2. The van der Waals surface area contributed by atoms with Crippen molar-refractivity contribution in [2.75, 3.05) is 0 Å². The lowest BCUT2D eigenvalue weighted by Crippen LogP contribution is -1.93. The van der Waals surface area contributed by atoms with Crippen molar-refractivity contribution in [2.45, 2.75) is 20.3 Å². The number of rotatable bonds is 7. The highest BCUT2D eigenvalue weighted by Gasteiger charge is 2.12. The number of hydrogen-bond acceptors (Lipinski definition) is 0. The maximum Gasteiger partial charge on any atom is 0.0541 e. The maximum absolute atomic E-state index is 2.37. The second-order valence-electron chi connectivity index (χ2n) is 11.2. The zero-order chi connectivity index (χ0) is 29.9. The van der Waals surface area contributed by atoms with E-state index < -0.39 is 0 Å². The lowest BCUT2D eigenvalue weighted by Gasteiger charge is -2.13. The molecule has 0 radical (unpaired) electrons. The lowest BCUT2D eigenvalue weighted by atomic mass is 9.92. The van der Waals surface area contributed by atoms with Crippen molar-refractivity contribution < 1.29 is 0 Å². The van der Waals surface area contributed by atoms with Crippen LogP contribution in [0, 0.1) is 0 Å². The van der Waals surface area contributed by atoms with Crippen molar-refractivity contribution in [3.8, 4) is 39.1 Å². The van der Waals surface area contributed by atoms with Crippen LogP contribution in [0.25, 0.3) is 66.4 Å². The normalized spacial score (nSPS) is 12.0. The molecule has 0 amide bonds. The summed E-state index contributed by atoms with van der Waals surface area (Å²) in [5.74, 6) is 0. The fourth-order valence-electron chi connectivity index (χ4n) is 6.24. The van der Waals surface area contributed by atoms with E-state index in [-0.39, 0.29) is 0 Å². The van der Waals surface area contributed by atoms with Crippen LogP contribution in [0.5, 0.6) is 0 Å². The molecule has 1 aromatic heterocycles. The largest absolute Gasteiger partial charge is 0.309 e. The second kappa shape index (κ2) is 12.1. The van der Waals surface area contributed by atoms with Gasteiger partial charge in [0.2, 0.25) is 0 Å². The minimum atomic E-state index is 1.01. The molecule has 1 heteroatoms. The van der Waals surface area contributed by atoms with Gasteiger partial charge in [-0.25, -0.2) is 0 Å². The van der Waals surface area contributed by atoms with Crippen LogP contribution in [0.2, 0.25) is 0 Å². The Kier molecular flexibility index (Phi) is 7.53. The van der Waals surface area contributed by atoms with Crippen molar-refractivity contribution >= 4 is 27.4 Å². The van der Waals surface area contributed by atoms with E-state index >= 15 is 0 Å². The summed E-state index contributed by atoms with van der Waals surface area (Å²) in [4.78, 5) is 0. The van der Waals surface area contributed by atoms with Gasteiger partial charge in [-0.05, 0) is 106 Å². The predicted octanol–water partition coefficient (Wildman–Crippen LogP) is 12.2. The third-order valence-corrected chi connectivity index (χ3v) is 8.45. The fourth-order valence-corrected chi connectivity index (χ4v) is 6.24. The molecule has 0 unspecified atom stereocenters. The van der Waals surface area contributed by atoms with Gasteiger partial charge >= 0.3 is 0 Å². The molecule has 0 aliphatic rings. The Bertz CT molecular complexity index is 2090. The molecule has 0 bridgehead atoms. The van der Waals surface area contributed by atoms with Gasteiger partial charge in [0, 0.05) is 16.5 Å². The number of aromatic nitrogens is 1. The first kappa shape index (κ1) is 27.4. The van der Waals surface area contributed by atoms with Gasteiger partial charge in [-0.2, -0.15) is 0 Å². The second-order valence-corrected chi connectivity index (χ2v) is 11.2. The van der Waals surface area contributed by atoms with Crippen molar-refractivity contribution in [2.24, 2.45) is 0 Å². The minimum Gasteiger partial charge on any atom is -0.309 e. The molecular formula is C43H35N. The van der Waals surface area contributed by atoms with E-state index in [2.05, 4.69) is 182 Å². The average Bonchev–Trinajstić information content (AvgIpc) is 3.43. The smallest absolute Gasteiger partial charge is 0.0541 e. The van der Waals surface area contributed by atoms with Gasteiger partial charge in [-0.1, -0.05) is 122 Å². The monoisotopic (exact) mass is 565 g/mol. The molecule has 0 aliphatic carbocycles. The van der Waals surface area contributed by atoms with Gasteiger partial charge in [0.25, 0.3) is 0 Å². The van der Waals surface area contributed by atoms with Crippen LogP contribution in [0.4, 0.5) is 0 Å². The van der Waals surface area contributed by atoms with E-state index in [0.717, 1.165) is 6.42 Å². The summed E-state index contributed by atoms with van der Waals surface area (Å²) < 4.78 is 2.37. The molecule has 1 nitrogen and oxygen atoms in total. The molecule has 6 aromatic carbocycles. The standard InChI is InChI=1S/C43H35N/c1-3-5-14-31(4-2)36-28-37(32-15-7-6-8-16-32)30-38(29-36)35-18-13-17-34(27-35)33-23-25-39(26-24-33)44-42-21-11-9-19-40(42)41-20-10-12-22-43(41)44/h4-30H,3H2,1-2H3. The Morgan fingerprint density at radius 3 is 1.68 bits per heavy atom. The molecule has 7 rings (SSSR count). The van der Waals surface area contributed by atoms with Crippen LogP contribution in [-0.2, 0) is 0 Å². The first-order chi connectivity index (χ1) is 21.7. The Hall–Kier alpha value is -5.40. The molecule has 7 aromatic rings. The van der Waals surface area contributed by atoms with Gasteiger partial charge < -0.3 is 4.57 Å². The predicted molar refractivity (Wildman–Crippen MR) is 190 cm³/mol. The molecule has 0 saturated heterocycles. The van der Waals surface area contributed by atoms with Gasteiger partial charge in [0.05, 0.1) is 11.0 Å². The SMILES string of the molecule is CC=C(C=CCC)c1cc(-c2ccccc2)cc(-c2cccc(-c3ccc(-n4c5ccccc5c5ccccc54)cc3)c2)c1. The Morgan fingerprint density at radius 2 is 1.05 bits per heavy atom. The van der Waals surface area contributed by atoms with E-state index in [0.29, 0.717) is 0 Å². The molecule has 0 N–H and O–H groups in total. The molecule has 1 heterocycles. The highest BCUT2D eigenvalue weighted by molar-refractivity contribution is 6.09. The summed E-state index contributed by atoms with van der Waals surface area (Å²) in [6, 6.07) is 52.9. The zero-order valence-electron chi connectivity index (χ0n) is 25.2. The Morgan fingerprint density at radius 1 is 0.523 bits per heavy atom. The summed E-state index contributed by atoms with van der Waals surface area (Å²) in [6.07, 6.45) is 7.69. The third kappa shape index (κ3) is 5.18. The molecular weight excluding hydrogens is 530 g/mol. The first-order valence-electron chi connectivity index (χ1n) is 15.5. The highest BCUT2D eigenvalue weighted by Crippen LogP contribution is 2.35. The summed E-state index contributed by atoms with van der Waals surface area (Å²) in [6.45, 7) is 4.30. The van der Waals surface area contributed by atoms with Crippen LogP contribution in [0.1, 0.15) is 25.8 Å². The van der Waals surface area contributed by atoms with Crippen LogP contribution < -0.4 is 0 Å². The van der Waals surface area contributed by atoms with Crippen LogP contribution >= 0.6 is 0 Å². The number of benzene rings is 6. The molecule has 0 aliphatic heterocycles. The molecule has 0 saturated carbocycles. The number of para-hydroxylation sites is 2. The van der Waals surface area contributed by atoms with Crippen LogP contribution in [0.15, 0.2) is 164 Å². The fraction of sp³-hybridized carbons (Fsp3) is 0.0698. The summed E-state index contributed by atoms with van der Waals surface area (Å²) in [7, 11) is 0. The Balaban J connectivity index is 1.29. The van der Waals surface area contributed by atoms with E-state index in [9.17, 15) is 0 Å². The molecule has 0 spiro atoms. The quantitative estimate of drug-likeness (QED) is 0.169. The number of allylic oxidation sites excluding steroid dienone is 4. The van der Waals surface area contributed by atoms with E-state index in [4.69, 9.17) is 0 Å². The Labute approximate surface area is 260 Å². The summed E-state index contributed by atoms with van der Waals surface area (Å²) >= 11 is 0. The van der Waals surface area contributed by atoms with Crippen molar-refractivity contribution in [1.29, 1.82) is 0 Å².